The third-order valence-electron chi connectivity index (χ3n) is 3.45. The highest BCUT2D eigenvalue weighted by molar-refractivity contribution is 6.03. The topological polar surface area (TPSA) is 92.0 Å². The Morgan fingerprint density at radius 1 is 1.13 bits per heavy atom. The van der Waals surface area contributed by atoms with Gasteiger partial charge in [-0.25, -0.2) is 14.4 Å². The first-order valence-electron chi connectivity index (χ1n) is 6.67. The molecule has 0 aliphatic carbocycles. The van der Waals surface area contributed by atoms with Crippen LogP contribution in [0.15, 0.2) is 39.1 Å². The molecule has 3 rings (SSSR count). The summed E-state index contributed by atoms with van der Waals surface area (Å²) in [5.74, 6) is -1.40. The molecule has 0 N–H and O–H groups in total. The summed E-state index contributed by atoms with van der Waals surface area (Å²) < 4.78 is 20.1. The van der Waals surface area contributed by atoms with Crippen molar-refractivity contribution >= 4 is 29.0 Å². The van der Waals surface area contributed by atoms with Crippen LogP contribution in [0.1, 0.15) is 5.56 Å². The maximum atomic E-state index is 12.1. The summed E-state index contributed by atoms with van der Waals surface area (Å²) in [6.07, 6.45) is -0.0741. The van der Waals surface area contributed by atoms with E-state index >= 15 is 0 Å². The fourth-order valence-corrected chi connectivity index (χ4v) is 2.37. The van der Waals surface area contributed by atoms with Crippen molar-refractivity contribution in [3.05, 3.63) is 45.8 Å². The minimum Gasteiger partial charge on any atom is -0.472 e. The van der Waals surface area contributed by atoms with Crippen molar-refractivity contribution < 1.29 is 28.2 Å². The van der Waals surface area contributed by atoms with Crippen LogP contribution < -0.4 is 10.4 Å². The van der Waals surface area contributed by atoms with Crippen molar-refractivity contribution in [2.75, 3.05) is 14.2 Å². The number of ether oxygens (including phenoxy) is 3. The number of carbonyl (C=O) groups is 2. The van der Waals surface area contributed by atoms with Crippen LogP contribution in [0.25, 0.3) is 17.0 Å². The van der Waals surface area contributed by atoms with Gasteiger partial charge in [0.1, 0.15) is 16.9 Å². The maximum Gasteiger partial charge on any atom is 0.352 e. The monoisotopic (exact) mass is 316 g/mol. The SMILES string of the molecule is COC(=O)C1=Cc2c(c3ccccc3oc2=O)OC1C(=O)OC. The fraction of sp³-hybridized carbons (Fsp3) is 0.188. The van der Waals surface area contributed by atoms with Crippen LogP contribution in [0.4, 0.5) is 0 Å². The highest BCUT2D eigenvalue weighted by Crippen LogP contribution is 2.34. The normalized spacial score (nSPS) is 16.1. The number of carbonyl (C=O) groups excluding carboxylic acids is 2. The van der Waals surface area contributed by atoms with Gasteiger partial charge in [0.2, 0.25) is 6.10 Å². The quantitative estimate of drug-likeness (QED) is 0.608. The molecule has 2 heterocycles. The molecular formula is C16H12O7. The van der Waals surface area contributed by atoms with Crippen LogP contribution in [0.5, 0.6) is 5.75 Å². The standard InChI is InChI=1S/C16H12O7/c1-20-14(17)10-7-9-12(23-13(10)16(19)21-2)8-5-3-4-6-11(8)22-15(9)18/h3-7,13H,1-2H3. The minimum absolute atomic E-state index is 0.0456. The second-order valence-corrected chi connectivity index (χ2v) is 4.74. The number of para-hydroxylation sites is 1. The lowest BCUT2D eigenvalue weighted by molar-refractivity contribution is -0.150. The van der Waals surface area contributed by atoms with Gasteiger partial charge in [-0.2, -0.15) is 0 Å². The maximum absolute atomic E-state index is 12.1. The van der Waals surface area contributed by atoms with E-state index < -0.39 is 23.7 Å². The molecule has 2 aromatic rings. The summed E-state index contributed by atoms with van der Waals surface area (Å²) in [5, 5.41) is 0.510. The Balaban J connectivity index is 2.28. The van der Waals surface area contributed by atoms with E-state index in [2.05, 4.69) is 9.47 Å². The highest BCUT2D eigenvalue weighted by Gasteiger charge is 2.37. The van der Waals surface area contributed by atoms with Gasteiger partial charge >= 0.3 is 17.6 Å². The van der Waals surface area contributed by atoms with E-state index in [1.807, 2.05) is 0 Å². The van der Waals surface area contributed by atoms with E-state index in [-0.39, 0.29) is 16.9 Å². The van der Waals surface area contributed by atoms with Crippen molar-refractivity contribution in [1.82, 2.24) is 0 Å². The highest BCUT2D eigenvalue weighted by atomic mass is 16.6. The zero-order valence-electron chi connectivity index (χ0n) is 12.3. The molecule has 0 bridgehead atoms. The molecule has 0 saturated heterocycles. The van der Waals surface area contributed by atoms with Gasteiger partial charge in [-0.05, 0) is 18.2 Å². The van der Waals surface area contributed by atoms with Crippen LogP contribution in [0.2, 0.25) is 0 Å². The number of benzene rings is 1. The molecule has 1 unspecified atom stereocenters. The second-order valence-electron chi connectivity index (χ2n) is 4.74. The summed E-state index contributed by atoms with van der Waals surface area (Å²) in [6.45, 7) is 0. The summed E-state index contributed by atoms with van der Waals surface area (Å²) in [4.78, 5) is 35.9. The summed E-state index contributed by atoms with van der Waals surface area (Å²) >= 11 is 0. The first kappa shape index (κ1) is 14.8. The lowest BCUT2D eigenvalue weighted by Crippen LogP contribution is -2.37. The number of methoxy groups -OCH3 is 2. The predicted octanol–water partition coefficient (Wildman–Crippen LogP) is 1.28. The molecule has 1 aliphatic heterocycles. The van der Waals surface area contributed by atoms with Crippen LogP contribution in [-0.2, 0) is 19.1 Å². The van der Waals surface area contributed by atoms with E-state index in [0.29, 0.717) is 11.0 Å². The number of esters is 2. The Hall–Kier alpha value is -3.09. The molecule has 7 nitrogen and oxygen atoms in total. The zero-order chi connectivity index (χ0) is 16.6. The molecule has 0 saturated carbocycles. The largest absolute Gasteiger partial charge is 0.472 e. The number of hydrogen-bond donors (Lipinski definition) is 0. The zero-order valence-corrected chi connectivity index (χ0v) is 12.3. The molecule has 0 fully saturated rings. The van der Waals surface area contributed by atoms with Gasteiger partial charge in [-0.3, -0.25) is 0 Å². The Labute approximate surface area is 130 Å². The van der Waals surface area contributed by atoms with Crippen LogP contribution in [0.3, 0.4) is 0 Å². The van der Waals surface area contributed by atoms with Gasteiger partial charge < -0.3 is 18.6 Å². The van der Waals surface area contributed by atoms with Gasteiger partial charge in [-0.15, -0.1) is 0 Å². The average Bonchev–Trinajstić information content (AvgIpc) is 2.59. The van der Waals surface area contributed by atoms with Crippen molar-refractivity contribution in [2.45, 2.75) is 6.10 Å². The van der Waals surface area contributed by atoms with E-state index in [9.17, 15) is 14.4 Å². The Bertz CT molecular complexity index is 891. The molecule has 1 aromatic carbocycles. The molecule has 1 aromatic heterocycles. The molecule has 0 radical (unpaired) electrons. The molecule has 1 atom stereocenters. The van der Waals surface area contributed by atoms with Crippen LogP contribution in [-0.4, -0.2) is 32.3 Å². The van der Waals surface area contributed by atoms with Gasteiger partial charge in [0.05, 0.1) is 25.2 Å². The van der Waals surface area contributed by atoms with E-state index in [0.717, 1.165) is 7.11 Å². The smallest absolute Gasteiger partial charge is 0.352 e. The molecule has 1 aliphatic rings. The Kier molecular flexibility index (Phi) is 3.61. The van der Waals surface area contributed by atoms with Gasteiger partial charge in [0.25, 0.3) is 0 Å². The summed E-state index contributed by atoms with van der Waals surface area (Å²) in [7, 11) is 2.34. The van der Waals surface area contributed by atoms with E-state index in [4.69, 9.17) is 9.15 Å². The van der Waals surface area contributed by atoms with Crippen molar-refractivity contribution in [3.63, 3.8) is 0 Å². The first-order chi connectivity index (χ1) is 11.1. The van der Waals surface area contributed by atoms with Crippen LogP contribution >= 0.6 is 0 Å². The number of rotatable bonds is 2. The molecule has 0 spiro atoms. The molecule has 23 heavy (non-hydrogen) atoms. The lowest BCUT2D eigenvalue weighted by Gasteiger charge is -2.24. The summed E-state index contributed by atoms with van der Waals surface area (Å²) in [5.41, 5.74) is -0.447. The third-order valence-corrected chi connectivity index (χ3v) is 3.45. The number of fused-ring (bicyclic) bond motifs is 3. The van der Waals surface area contributed by atoms with E-state index in [1.165, 1.54) is 13.2 Å². The first-order valence-corrected chi connectivity index (χ1v) is 6.67. The van der Waals surface area contributed by atoms with Gasteiger partial charge in [0, 0.05) is 0 Å². The fourth-order valence-electron chi connectivity index (χ4n) is 2.37. The predicted molar refractivity (Wildman–Crippen MR) is 78.9 cm³/mol. The van der Waals surface area contributed by atoms with Gasteiger partial charge in [-0.1, -0.05) is 12.1 Å². The lowest BCUT2D eigenvalue weighted by atomic mass is 10.0. The van der Waals surface area contributed by atoms with E-state index in [1.54, 1.807) is 24.3 Å². The molecule has 0 amide bonds. The summed E-state index contributed by atoms with van der Waals surface area (Å²) in [6, 6.07) is 6.72. The van der Waals surface area contributed by atoms with Crippen molar-refractivity contribution in [1.29, 1.82) is 0 Å². The number of hydrogen-bond acceptors (Lipinski definition) is 7. The second kappa shape index (κ2) is 5.60. The Morgan fingerprint density at radius 3 is 2.57 bits per heavy atom. The minimum atomic E-state index is -1.31. The van der Waals surface area contributed by atoms with Crippen LogP contribution in [0, 0.1) is 0 Å². The molecule has 7 heteroatoms. The Morgan fingerprint density at radius 2 is 1.87 bits per heavy atom. The van der Waals surface area contributed by atoms with Crippen molar-refractivity contribution in [3.8, 4) is 5.75 Å². The average molecular weight is 316 g/mol. The molecule has 118 valence electrons. The third kappa shape index (κ3) is 2.36. The van der Waals surface area contributed by atoms with Crippen molar-refractivity contribution in [2.24, 2.45) is 0 Å². The van der Waals surface area contributed by atoms with Gasteiger partial charge in [0.15, 0.2) is 0 Å². The molecular weight excluding hydrogens is 304 g/mol.